The van der Waals surface area contributed by atoms with E-state index in [1.807, 2.05) is 0 Å². The average Bonchev–Trinajstić information content (AvgIpc) is 3.03. The molecule has 5 atom stereocenters. The van der Waals surface area contributed by atoms with Crippen molar-refractivity contribution in [3.63, 3.8) is 0 Å². The number of fused-ring (bicyclic) bond motifs is 1. The van der Waals surface area contributed by atoms with Gasteiger partial charge in [0.1, 0.15) is 24.4 Å². The van der Waals surface area contributed by atoms with Crippen LogP contribution in [-0.4, -0.2) is 62.3 Å². The van der Waals surface area contributed by atoms with Crippen LogP contribution in [0, 0.1) is 0 Å². The first-order valence-electron chi connectivity index (χ1n) is 7.80. The van der Waals surface area contributed by atoms with Crippen LogP contribution in [0.1, 0.15) is 12.5 Å². The van der Waals surface area contributed by atoms with Crippen molar-refractivity contribution in [1.82, 2.24) is 10.3 Å². The fraction of sp³-hybridized carbons (Fsp3) is 0.438. The molecule has 142 valence electrons. The first-order valence-corrected chi connectivity index (χ1v) is 8.97. The van der Waals surface area contributed by atoms with Crippen LogP contribution in [0.25, 0.3) is 10.9 Å². The highest BCUT2D eigenvalue weighted by atomic mass is 79.9. The third kappa shape index (κ3) is 3.03. The molecular weight excluding hydrogens is 432 g/mol. The number of rotatable bonds is 3. The van der Waals surface area contributed by atoms with E-state index in [4.69, 9.17) is 16.3 Å². The number of aromatic nitrogens is 1. The Hall–Kier alpha value is -1.20. The van der Waals surface area contributed by atoms with Crippen LogP contribution in [0.4, 0.5) is 0 Å². The van der Waals surface area contributed by atoms with Gasteiger partial charge in [-0.15, -0.1) is 0 Å². The molecule has 0 aliphatic carbocycles. The number of carbonyl (C=O) groups is 1. The summed E-state index contributed by atoms with van der Waals surface area (Å²) < 4.78 is 6.13. The summed E-state index contributed by atoms with van der Waals surface area (Å²) in [7, 11) is 0. The van der Waals surface area contributed by atoms with Crippen LogP contribution in [-0.2, 0) is 15.3 Å². The first kappa shape index (κ1) is 19.6. The zero-order valence-electron chi connectivity index (χ0n) is 13.6. The third-order valence-electron chi connectivity index (χ3n) is 4.49. The molecule has 1 saturated heterocycles. The molecule has 1 aliphatic rings. The number of nitrogens with one attached hydrogen (secondary N) is 2. The molecule has 6 N–H and O–H groups in total. The molecule has 0 bridgehead atoms. The van der Waals surface area contributed by atoms with Gasteiger partial charge < -0.3 is 35.5 Å². The zero-order chi connectivity index (χ0) is 19.2. The third-order valence-corrected chi connectivity index (χ3v) is 5.77. The lowest BCUT2D eigenvalue weighted by molar-refractivity contribution is -0.326. The van der Waals surface area contributed by atoms with E-state index in [0.29, 0.717) is 20.4 Å². The molecule has 1 aromatic carbocycles. The molecule has 0 spiro atoms. The van der Waals surface area contributed by atoms with Crippen LogP contribution in [0.2, 0.25) is 5.02 Å². The van der Waals surface area contributed by atoms with E-state index in [0.717, 1.165) is 0 Å². The average molecular weight is 450 g/mol. The van der Waals surface area contributed by atoms with Crippen molar-refractivity contribution in [1.29, 1.82) is 0 Å². The fourth-order valence-electron chi connectivity index (χ4n) is 3.24. The summed E-state index contributed by atoms with van der Waals surface area (Å²) >= 11 is 9.67. The number of ether oxygens (including phenoxy) is 1. The maximum absolute atomic E-state index is 11.6. The number of aliphatic hydroxyl groups is 4. The highest BCUT2D eigenvalue weighted by Gasteiger charge is 2.55. The maximum Gasteiger partial charge on any atom is 0.218 e. The topological polar surface area (TPSA) is 135 Å². The number of H-pyrrole nitrogens is 1. The van der Waals surface area contributed by atoms with Crippen molar-refractivity contribution in [2.24, 2.45) is 0 Å². The Morgan fingerprint density at radius 3 is 2.73 bits per heavy atom. The normalized spacial score (nSPS) is 32.0. The second-order valence-corrected chi connectivity index (χ2v) is 7.41. The summed E-state index contributed by atoms with van der Waals surface area (Å²) in [4.78, 5) is 14.5. The molecule has 26 heavy (non-hydrogen) atoms. The molecule has 8 nitrogen and oxygen atoms in total. The van der Waals surface area contributed by atoms with E-state index >= 15 is 0 Å². The Kier molecular flexibility index (Phi) is 5.33. The standard InChI is InChI=1S/C16H18BrClN2O6/c1-6(22)20-15-14(24)13(23)10(5-21)26-16(15,25)7-4-19-9-3-2-8(17)12(18)11(7)9/h2-4,10,13-15,19,21,23-25H,5H2,1H3,(H,20,22)/t10-,13-,14+,15-,16?/m1/s1. The van der Waals surface area contributed by atoms with Gasteiger partial charge in [-0.1, -0.05) is 11.6 Å². The van der Waals surface area contributed by atoms with Gasteiger partial charge in [-0.2, -0.15) is 0 Å². The smallest absolute Gasteiger partial charge is 0.218 e. The Labute approximate surface area is 161 Å². The van der Waals surface area contributed by atoms with Crippen LogP contribution < -0.4 is 5.32 Å². The molecule has 0 radical (unpaired) electrons. The van der Waals surface area contributed by atoms with Crippen molar-refractivity contribution in [2.45, 2.75) is 37.1 Å². The first-order chi connectivity index (χ1) is 12.2. The highest BCUT2D eigenvalue weighted by Crippen LogP contribution is 2.43. The van der Waals surface area contributed by atoms with Crippen LogP contribution in [0.3, 0.4) is 0 Å². The predicted molar refractivity (Wildman–Crippen MR) is 96.5 cm³/mol. The molecule has 1 amide bonds. The van der Waals surface area contributed by atoms with Gasteiger partial charge in [0.2, 0.25) is 11.7 Å². The summed E-state index contributed by atoms with van der Waals surface area (Å²) in [5.41, 5.74) is 0.745. The monoisotopic (exact) mass is 448 g/mol. The van der Waals surface area contributed by atoms with Crippen molar-refractivity contribution < 1.29 is 30.0 Å². The largest absolute Gasteiger partial charge is 0.394 e. The number of hydrogen-bond donors (Lipinski definition) is 6. The van der Waals surface area contributed by atoms with Gasteiger partial charge in [0.05, 0.1) is 11.6 Å². The quantitative estimate of drug-likeness (QED) is 0.400. The molecule has 2 aromatic rings. The van der Waals surface area contributed by atoms with Gasteiger partial charge in [-0.3, -0.25) is 4.79 Å². The zero-order valence-corrected chi connectivity index (χ0v) is 16.0. The van der Waals surface area contributed by atoms with Crippen molar-refractivity contribution in [3.05, 3.63) is 33.4 Å². The van der Waals surface area contributed by atoms with Crippen molar-refractivity contribution in [2.75, 3.05) is 6.61 Å². The Bertz CT molecular complexity index is 845. The second-order valence-electron chi connectivity index (χ2n) is 6.18. The van der Waals surface area contributed by atoms with E-state index < -0.39 is 42.7 Å². The molecule has 2 heterocycles. The predicted octanol–water partition coefficient (Wildman–Crippen LogP) is 0.347. The Balaban J connectivity index is 2.21. The minimum atomic E-state index is -2.25. The second kappa shape index (κ2) is 7.08. The van der Waals surface area contributed by atoms with E-state index in [-0.39, 0.29) is 5.56 Å². The van der Waals surface area contributed by atoms with Gasteiger partial charge in [-0.25, -0.2) is 0 Å². The number of amides is 1. The number of aliphatic hydroxyl groups excluding tert-OH is 3. The number of hydrogen-bond acceptors (Lipinski definition) is 6. The van der Waals surface area contributed by atoms with E-state index in [9.17, 15) is 25.2 Å². The molecule has 3 rings (SSSR count). The van der Waals surface area contributed by atoms with Gasteiger partial charge >= 0.3 is 0 Å². The van der Waals surface area contributed by atoms with Crippen LogP contribution in [0.5, 0.6) is 0 Å². The lowest BCUT2D eigenvalue weighted by atomic mass is 9.86. The number of aromatic amines is 1. The molecule has 10 heteroatoms. The molecular formula is C16H18BrClN2O6. The number of halogens is 2. The minimum Gasteiger partial charge on any atom is -0.394 e. The minimum absolute atomic E-state index is 0.155. The summed E-state index contributed by atoms with van der Waals surface area (Å²) in [5, 5.41) is 44.5. The fourth-order valence-corrected chi connectivity index (χ4v) is 3.84. The Morgan fingerprint density at radius 1 is 1.42 bits per heavy atom. The summed E-state index contributed by atoms with van der Waals surface area (Å²) in [6, 6.07) is 2.05. The molecule has 1 aromatic heterocycles. The van der Waals surface area contributed by atoms with E-state index in [2.05, 4.69) is 26.2 Å². The van der Waals surface area contributed by atoms with Crippen LogP contribution in [0.15, 0.2) is 22.8 Å². The maximum atomic E-state index is 11.6. The van der Waals surface area contributed by atoms with Gasteiger partial charge in [0.25, 0.3) is 0 Å². The van der Waals surface area contributed by atoms with Gasteiger partial charge in [-0.05, 0) is 28.1 Å². The molecule has 1 unspecified atom stereocenters. The lowest BCUT2D eigenvalue weighted by Gasteiger charge is -2.47. The van der Waals surface area contributed by atoms with Crippen molar-refractivity contribution >= 4 is 44.3 Å². The van der Waals surface area contributed by atoms with Gasteiger partial charge in [0, 0.05) is 34.1 Å². The SMILES string of the molecule is CC(=O)N[C@@H]1[C@@H](O)[C@H](O)[C@@H](CO)OC1(O)c1c[nH]c2ccc(Br)c(Cl)c12. The summed E-state index contributed by atoms with van der Waals surface area (Å²) in [6.45, 7) is 0.559. The molecule has 1 fully saturated rings. The summed E-state index contributed by atoms with van der Waals surface area (Å²) in [6.07, 6.45) is -2.93. The number of carbonyl (C=O) groups excluding carboxylic acids is 1. The Morgan fingerprint density at radius 2 is 2.12 bits per heavy atom. The summed E-state index contributed by atoms with van der Waals surface area (Å²) in [5.74, 6) is -2.79. The van der Waals surface area contributed by atoms with Crippen molar-refractivity contribution in [3.8, 4) is 0 Å². The van der Waals surface area contributed by atoms with E-state index in [1.54, 1.807) is 12.1 Å². The lowest BCUT2D eigenvalue weighted by Crippen LogP contribution is -2.68. The molecule has 0 saturated carbocycles. The molecule has 1 aliphatic heterocycles. The highest BCUT2D eigenvalue weighted by molar-refractivity contribution is 9.10. The van der Waals surface area contributed by atoms with E-state index in [1.165, 1.54) is 13.1 Å². The number of benzene rings is 1. The van der Waals surface area contributed by atoms with Crippen LogP contribution >= 0.6 is 27.5 Å². The van der Waals surface area contributed by atoms with Gasteiger partial charge in [0.15, 0.2) is 0 Å².